The lowest BCUT2D eigenvalue weighted by atomic mass is 9.80. The summed E-state index contributed by atoms with van der Waals surface area (Å²) in [7, 11) is 0. The highest BCUT2D eigenvalue weighted by Gasteiger charge is 2.27. The van der Waals surface area contributed by atoms with Gasteiger partial charge in [0.2, 0.25) is 0 Å². The van der Waals surface area contributed by atoms with Gasteiger partial charge in [0.05, 0.1) is 0 Å². The molecule has 0 bridgehead atoms. The van der Waals surface area contributed by atoms with Crippen LogP contribution in [0, 0.1) is 10.8 Å². The third-order valence-electron chi connectivity index (χ3n) is 4.87. The highest BCUT2D eigenvalue weighted by molar-refractivity contribution is 4.84. The van der Waals surface area contributed by atoms with Gasteiger partial charge in [0.1, 0.15) is 0 Å². The van der Waals surface area contributed by atoms with Crippen molar-refractivity contribution in [3.05, 3.63) is 0 Å². The summed E-state index contributed by atoms with van der Waals surface area (Å²) < 4.78 is 0. The summed E-state index contributed by atoms with van der Waals surface area (Å²) in [4.78, 5) is 0. The molecule has 0 heterocycles. The molecule has 17 heavy (non-hydrogen) atoms. The molecule has 0 radical (unpaired) electrons. The zero-order valence-corrected chi connectivity index (χ0v) is 12.3. The maximum absolute atomic E-state index is 5.91. The molecule has 5 N–H and O–H groups in total. The topological polar surface area (TPSA) is 64.1 Å². The van der Waals surface area contributed by atoms with E-state index < -0.39 is 0 Å². The first-order chi connectivity index (χ1) is 8.07. The van der Waals surface area contributed by atoms with E-state index in [1.807, 2.05) is 0 Å². The highest BCUT2D eigenvalue weighted by Crippen LogP contribution is 2.26. The number of nitrogens with two attached hydrogens (primary N) is 2. The SMILES string of the molecule is CCC(CC)(CN)CNCC(CC)(CC)CN. The van der Waals surface area contributed by atoms with E-state index in [-0.39, 0.29) is 10.8 Å². The van der Waals surface area contributed by atoms with E-state index in [1.165, 1.54) is 0 Å². The Kier molecular flexibility index (Phi) is 8.01. The Bertz CT molecular complexity index is 147. The van der Waals surface area contributed by atoms with Gasteiger partial charge in [-0.25, -0.2) is 0 Å². The van der Waals surface area contributed by atoms with E-state index in [2.05, 4.69) is 33.0 Å². The summed E-state index contributed by atoms with van der Waals surface area (Å²) in [5.74, 6) is 0. The van der Waals surface area contributed by atoms with Crippen LogP contribution in [0.4, 0.5) is 0 Å². The predicted molar refractivity (Wildman–Crippen MR) is 77.0 cm³/mol. The summed E-state index contributed by atoms with van der Waals surface area (Å²) in [6.45, 7) is 12.5. The van der Waals surface area contributed by atoms with E-state index in [1.54, 1.807) is 0 Å². The first-order valence-electron chi connectivity index (χ1n) is 7.18. The minimum absolute atomic E-state index is 0.266. The number of rotatable bonds is 10. The van der Waals surface area contributed by atoms with Crippen LogP contribution in [-0.2, 0) is 0 Å². The Hall–Kier alpha value is -0.120. The van der Waals surface area contributed by atoms with Crippen molar-refractivity contribution in [3.63, 3.8) is 0 Å². The second-order valence-electron chi connectivity index (χ2n) is 5.43. The fraction of sp³-hybridized carbons (Fsp3) is 1.00. The normalized spacial score (nSPS) is 13.1. The van der Waals surface area contributed by atoms with Crippen LogP contribution in [0.25, 0.3) is 0 Å². The smallest absolute Gasteiger partial charge is 0.00199 e. The zero-order chi connectivity index (χ0) is 13.4. The van der Waals surface area contributed by atoms with Crippen LogP contribution in [0.5, 0.6) is 0 Å². The van der Waals surface area contributed by atoms with Crippen LogP contribution in [0.2, 0.25) is 0 Å². The Morgan fingerprint density at radius 3 is 1.18 bits per heavy atom. The molecule has 0 unspecified atom stereocenters. The van der Waals surface area contributed by atoms with Crippen molar-refractivity contribution in [3.8, 4) is 0 Å². The second-order valence-corrected chi connectivity index (χ2v) is 5.43. The Labute approximate surface area is 108 Å². The molecule has 0 aromatic heterocycles. The van der Waals surface area contributed by atoms with E-state index in [9.17, 15) is 0 Å². The summed E-state index contributed by atoms with van der Waals surface area (Å²) in [5, 5.41) is 3.61. The molecular weight excluding hydrogens is 210 g/mol. The fourth-order valence-electron chi connectivity index (χ4n) is 2.31. The molecule has 0 saturated carbocycles. The van der Waals surface area contributed by atoms with Gasteiger partial charge in [0.25, 0.3) is 0 Å². The van der Waals surface area contributed by atoms with Crippen LogP contribution in [0.3, 0.4) is 0 Å². The van der Waals surface area contributed by atoms with Gasteiger partial charge < -0.3 is 16.8 Å². The van der Waals surface area contributed by atoms with Crippen molar-refractivity contribution in [1.82, 2.24) is 5.32 Å². The lowest BCUT2D eigenvalue weighted by molar-refractivity contribution is 0.213. The molecule has 0 spiro atoms. The first kappa shape index (κ1) is 16.9. The van der Waals surface area contributed by atoms with E-state index in [0.29, 0.717) is 0 Å². The summed E-state index contributed by atoms with van der Waals surface area (Å²) in [6, 6.07) is 0. The van der Waals surface area contributed by atoms with Crippen LogP contribution >= 0.6 is 0 Å². The summed E-state index contributed by atoms with van der Waals surface area (Å²) in [6.07, 6.45) is 4.56. The molecule has 0 aliphatic heterocycles. The molecule has 104 valence electrons. The molecule has 0 aromatic carbocycles. The second kappa shape index (κ2) is 8.06. The Morgan fingerprint density at radius 1 is 0.706 bits per heavy atom. The van der Waals surface area contributed by atoms with Crippen LogP contribution in [0.15, 0.2) is 0 Å². The van der Waals surface area contributed by atoms with E-state index in [0.717, 1.165) is 51.9 Å². The van der Waals surface area contributed by atoms with E-state index in [4.69, 9.17) is 11.5 Å². The van der Waals surface area contributed by atoms with Crippen molar-refractivity contribution < 1.29 is 0 Å². The molecule has 0 fully saturated rings. The van der Waals surface area contributed by atoms with Gasteiger partial charge in [-0.05, 0) is 49.6 Å². The molecule has 0 aromatic rings. The number of hydrogen-bond acceptors (Lipinski definition) is 3. The van der Waals surface area contributed by atoms with Crippen molar-refractivity contribution >= 4 is 0 Å². The lowest BCUT2D eigenvalue weighted by Crippen LogP contribution is -2.45. The van der Waals surface area contributed by atoms with Gasteiger partial charge in [-0.2, -0.15) is 0 Å². The molecule has 0 aliphatic rings. The monoisotopic (exact) mass is 243 g/mol. The van der Waals surface area contributed by atoms with Gasteiger partial charge in [0, 0.05) is 13.1 Å². The summed E-state index contributed by atoms with van der Waals surface area (Å²) in [5.41, 5.74) is 12.4. The van der Waals surface area contributed by atoms with Crippen LogP contribution < -0.4 is 16.8 Å². The van der Waals surface area contributed by atoms with Crippen molar-refractivity contribution in [2.24, 2.45) is 22.3 Å². The zero-order valence-electron chi connectivity index (χ0n) is 12.3. The fourth-order valence-corrected chi connectivity index (χ4v) is 2.31. The standard InChI is InChI=1S/C14H33N3/c1-5-13(6-2,9-15)11-17-12-14(7-3,8-4)10-16/h17H,5-12,15-16H2,1-4H3. The highest BCUT2D eigenvalue weighted by atomic mass is 14.9. The van der Waals surface area contributed by atoms with Gasteiger partial charge >= 0.3 is 0 Å². The lowest BCUT2D eigenvalue weighted by Gasteiger charge is -2.35. The minimum Gasteiger partial charge on any atom is -0.330 e. The van der Waals surface area contributed by atoms with Crippen LogP contribution in [-0.4, -0.2) is 26.2 Å². The van der Waals surface area contributed by atoms with Gasteiger partial charge in [-0.15, -0.1) is 0 Å². The largest absolute Gasteiger partial charge is 0.330 e. The maximum atomic E-state index is 5.91. The average molecular weight is 243 g/mol. The van der Waals surface area contributed by atoms with Gasteiger partial charge in [-0.3, -0.25) is 0 Å². The van der Waals surface area contributed by atoms with Gasteiger partial charge in [0.15, 0.2) is 0 Å². The van der Waals surface area contributed by atoms with Crippen molar-refractivity contribution in [1.29, 1.82) is 0 Å². The molecule has 0 aliphatic carbocycles. The molecule has 0 saturated heterocycles. The molecule has 0 rings (SSSR count). The minimum atomic E-state index is 0.266. The third-order valence-corrected chi connectivity index (χ3v) is 4.87. The predicted octanol–water partition coefficient (Wildman–Crippen LogP) is 2.11. The molecule has 3 heteroatoms. The molecule has 0 amide bonds. The molecule has 3 nitrogen and oxygen atoms in total. The molecular formula is C14H33N3. The maximum Gasteiger partial charge on any atom is 0.00199 e. The number of nitrogens with one attached hydrogen (secondary N) is 1. The first-order valence-corrected chi connectivity index (χ1v) is 7.18. The van der Waals surface area contributed by atoms with Gasteiger partial charge in [-0.1, -0.05) is 27.7 Å². The summed E-state index contributed by atoms with van der Waals surface area (Å²) >= 11 is 0. The number of hydrogen-bond donors (Lipinski definition) is 3. The van der Waals surface area contributed by atoms with E-state index >= 15 is 0 Å². The quantitative estimate of drug-likeness (QED) is 0.550. The Balaban J connectivity index is 4.28. The Morgan fingerprint density at radius 2 is 1.00 bits per heavy atom. The van der Waals surface area contributed by atoms with Crippen molar-refractivity contribution in [2.75, 3.05) is 26.2 Å². The van der Waals surface area contributed by atoms with Crippen LogP contribution in [0.1, 0.15) is 53.4 Å². The van der Waals surface area contributed by atoms with Crippen molar-refractivity contribution in [2.45, 2.75) is 53.4 Å². The molecule has 0 atom stereocenters. The third kappa shape index (κ3) is 4.57. The average Bonchev–Trinajstić information content (AvgIpc) is 2.41.